The fraction of sp³-hybridized carbons (Fsp3) is 0.680. The maximum Gasteiger partial charge on any atom is 0.227 e. The van der Waals surface area contributed by atoms with Gasteiger partial charge in [0.2, 0.25) is 11.8 Å². The van der Waals surface area contributed by atoms with Crippen molar-refractivity contribution in [2.24, 2.45) is 11.3 Å². The molecule has 0 saturated heterocycles. The topological polar surface area (TPSA) is 52.7 Å². The molecule has 0 bridgehead atoms. The lowest BCUT2D eigenvalue weighted by Crippen LogP contribution is -2.39. The van der Waals surface area contributed by atoms with Gasteiger partial charge in [0, 0.05) is 50.4 Å². The molecule has 0 heterocycles. The smallest absolute Gasteiger partial charge is 0.227 e. The molecule has 168 valence electrons. The average Bonchev–Trinajstić information content (AvgIpc) is 3.18. The second-order valence-electron chi connectivity index (χ2n) is 10.2. The summed E-state index contributed by atoms with van der Waals surface area (Å²) >= 11 is 0. The van der Waals surface area contributed by atoms with Gasteiger partial charge < -0.3 is 15.1 Å². The number of nitrogens with zero attached hydrogens (tertiary/aromatic N) is 2. The number of carbonyl (C=O) groups is 2. The van der Waals surface area contributed by atoms with Crippen LogP contribution in [-0.4, -0.2) is 36.9 Å². The molecule has 30 heavy (non-hydrogen) atoms. The van der Waals surface area contributed by atoms with Crippen LogP contribution in [0.5, 0.6) is 0 Å². The van der Waals surface area contributed by atoms with Crippen LogP contribution in [0.4, 0.5) is 11.4 Å². The van der Waals surface area contributed by atoms with Gasteiger partial charge in [0.25, 0.3) is 0 Å². The Kier molecular flexibility index (Phi) is 8.34. The Hall–Kier alpha value is -2.04. The second-order valence-corrected chi connectivity index (χ2v) is 10.2. The molecule has 1 aromatic carbocycles. The Morgan fingerprint density at radius 3 is 2.33 bits per heavy atom. The largest absolute Gasteiger partial charge is 0.377 e. The van der Waals surface area contributed by atoms with Gasteiger partial charge in [-0.15, -0.1) is 0 Å². The summed E-state index contributed by atoms with van der Waals surface area (Å²) in [5, 5.41) is 3.11. The van der Waals surface area contributed by atoms with E-state index in [0.717, 1.165) is 49.0 Å². The SMILES string of the molecule is CC[C@@H](C)N(Cc1cc(NC(=O)C2CCCC2)ccc1N(C)C)C(=O)CC(C)(C)C. The quantitative estimate of drug-likeness (QED) is 0.615. The van der Waals surface area contributed by atoms with Gasteiger partial charge in [-0.25, -0.2) is 0 Å². The van der Waals surface area contributed by atoms with Crippen molar-refractivity contribution in [2.45, 2.75) is 85.7 Å². The lowest BCUT2D eigenvalue weighted by Gasteiger charge is -2.33. The van der Waals surface area contributed by atoms with Crippen LogP contribution in [0, 0.1) is 11.3 Å². The van der Waals surface area contributed by atoms with Crippen molar-refractivity contribution >= 4 is 23.2 Å². The number of anilines is 2. The molecule has 5 nitrogen and oxygen atoms in total. The number of carbonyl (C=O) groups excluding carboxylic acids is 2. The molecule has 5 heteroatoms. The van der Waals surface area contributed by atoms with Crippen LogP contribution in [0.15, 0.2) is 18.2 Å². The number of nitrogens with one attached hydrogen (secondary N) is 1. The third-order valence-electron chi connectivity index (χ3n) is 6.02. The third-order valence-corrected chi connectivity index (χ3v) is 6.02. The maximum atomic E-state index is 13.1. The predicted molar refractivity (Wildman–Crippen MR) is 126 cm³/mol. The zero-order valence-electron chi connectivity index (χ0n) is 20.0. The van der Waals surface area contributed by atoms with Gasteiger partial charge in [0.15, 0.2) is 0 Å². The molecule has 0 aromatic heterocycles. The van der Waals surface area contributed by atoms with E-state index in [-0.39, 0.29) is 29.2 Å². The van der Waals surface area contributed by atoms with Crippen molar-refractivity contribution in [2.75, 3.05) is 24.3 Å². The summed E-state index contributed by atoms with van der Waals surface area (Å²) in [4.78, 5) is 29.8. The van der Waals surface area contributed by atoms with E-state index in [4.69, 9.17) is 0 Å². The zero-order valence-corrected chi connectivity index (χ0v) is 20.0. The molecular weight excluding hydrogens is 374 g/mol. The molecule has 1 aromatic rings. The van der Waals surface area contributed by atoms with Crippen molar-refractivity contribution in [3.05, 3.63) is 23.8 Å². The van der Waals surface area contributed by atoms with E-state index in [9.17, 15) is 9.59 Å². The predicted octanol–water partition coefficient (Wildman–Crippen LogP) is 5.44. The molecule has 1 fully saturated rings. The highest BCUT2D eigenvalue weighted by Gasteiger charge is 2.26. The first-order valence-corrected chi connectivity index (χ1v) is 11.4. The summed E-state index contributed by atoms with van der Waals surface area (Å²) in [5.41, 5.74) is 2.90. The average molecular weight is 416 g/mol. The Balaban J connectivity index is 2.28. The highest BCUT2D eigenvalue weighted by atomic mass is 16.2. The minimum Gasteiger partial charge on any atom is -0.377 e. The lowest BCUT2D eigenvalue weighted by atomic mass is 9.91. The van der Waals surface area contributed by atoms with E-state index < -0.39 is 0 Å². The van der Waals surface area contributed by atoms with E-state index in [0.29, 0.717) is 13.0 Å². The highest BCUT2D eigenvalue weighted by Crippen LogP contribution is 2.30. The molecule has 2 rings (SSSR count). The first kappa shape index (κ1) is 24.2. The van der Waals surface area contributed by atoms with Crippen LogP contribution >= 0.6 is 0 Å². The molecule has 1 aliphatic rings. The summed E-state index contributed by atoms with van der Waals surface area (Å²) in [6.45, 7) is 11.1. The van der Waals surface area contributed by atoms with Crippen LogP contribution in [0.25, 0.3) is 0 Å². The van der Waals surface area contributed by atoms with Crippen LogP contribution < -0.4 is 10.2 Å². The normalized spacial score (nSPS) is 15.7. The number of hydrogen-bond donors (Lipinski definition) is 1. The van der Waals surface area contributed by atoms with Gasteiger partial charge in [-0.2, -0.15) is 0 Å². The van der Waals surface area contributed by atoms with Gasteiger partial charge >= 0.3 is 0 Å². The fourth-order valence-electron chi connectivity index (χ4n) is 4.11. The molecule has 1 atom stereocenters. The first-order valence-electron chi connectivity index (χ1n) is 11.4. The van der Waals surface area contributed by atoms with Gasteiger partial charge in [-0.3, -0.25) is 9.59 Å². The van der Waals surface area contributed by atoms with Crippen LogP contribution in [-0.2, 0) is 16.1 Å². The maximum absolute atomic E-state index is 13.1. The van der Waals surface area contributed by atoms with Crippen molar-refractivity contribution in [1.29, 1.82) is 0 Å². The standard InChI is InChI=1S/C25H41N3O2/c1-8-18(2)28(23(29)16-25(3,4)5)17-20-15-21(13-14-22(20)27(6)7)26-24(30)19-11-9-10-12-19/h13-15,18-19H,8-12,16-17H2,1-7H3,(H,26,30)/t18-/m1/s1. The minimum atomic E-state index is -0.0513. The highest BCUT2D eigenvalue weighted by molar-refractivity contribution is 5.93. The molecule has 1 saturated carbocycles. The van der Waals surface area contributed by atoms with Crippen molar-refractivity contribution in [3.8, 4) is 0 Å². The van der Waals surface area contributed by atoms with E-state index >= 15 is 0 Å². The Morgan fingerprint density at radius 1 is 1.17 bits per heavy atom. The van der Waals surface area contributed by atoms with E-state index in [2.05, 4.69) is 44.8 Å². The van der Waals surface area contributed by atoms with Gasteiger partial charge in [-0.1, -0.05) is 40.5 Å². The summed E-state index contributed by atoms with van der Waals surface area (Å²) in [5.74, 6) is 0.438. The van der Waals surface area contributed by atoms with Crippen LogP contribution in [0.2, 0.25) is 0 Å². The summed E-state index contributed by atoms with van der Waals surface area (Å²) < 4.78 is 0. The van der Waals surface area contributed by atoms with Gasteiger partial charge in [0.05, 0.1) is 0 Å². The van der Waals surface area contributed by atoms with Gasteiger partial charge in [-0.05, 0) is 55.4 Å². The van der Waals surface area contributed by atoms with E-state index in [1.165, 1.54) is 0 Å². The number of amides is 2. The Morgan fingerprint density at radius 2 is 1.80 bits per heavy atom. The monoisotopic (exact) mass is 415 g/mol. The summed E-state index contributed by atoms with van der Waals surface area (Å²) in [6, 6.07) is 6.22. The Labute approximate surface area is 183 Å². The molecule has 0 radical (unpaired) electrons. The molecule has 0 spiro atoms. The molecule has 0 aliphatic heterocycles. The molecule has 2 amide bonds. The van der Waals surface area contributed by atoms with E-state index in [1.54, 1.807) is 0 Å². The number of rotatable bonds is 8. The van der Waals surface area contributed by atoms with E-state index in [1.807, 2.05) is 37.2 Å². The van der Waals surface area contributed by atoms with Crippen LogP contribution in [0.1, 0.15) is 78.7 Å². The summed E-state index contributed by atoms with van der Waals surface area (Å²) in [7, 11) is 4.03. The summed E-state index contributed by atoms with van der Waals surface area (Å²) in [6.07, 6.45) is 5.68. The van der Waals surface area contributed by atoms with Crippen LogP contribution in [0.3, 0.4) is 0 Å². The third kappa shape index (κ3) is 6.75. The van der Waals surface area contributed by atoms with Gasteiger partial charge in [0.1, 0.15) is 0 Å². The minimum absolute atomic E-state index is 0.0513. The first-order chi connectivity index (χ1) is 14.0. The molecule has 1 N–H and O–H groups in total. The number of benzene rings is 1. The molecule has 0 unspecified atom stereocenters. The fourth-order valence-corrected chi connectivity index (χ4v) is 4.11. The second kappa shape index (κ2) is 10.3. The van der Waals surface area contributed by atoms with Crippen molar-refractivity contribution < 1.29 is 9.59 Å². The van der Waals surface area contributed by atoms with Crippen molar-refractivity contribution in [3.63, 3.8) is 0 Å². The lowest BCUT2D eigenvalue weighted by molar-refractivity contribution is -0.136. The molecular formula is C25H41N3O2. The zero-order chi connectivity index (χ0) is 22.5. The number of hydrogen-bond acceptors (Lipinski definition) is 3. The Bertz CT molecular complexity index is 730. The van der Waals surface area contributed by atoms with Crippen molar-refractivity contribution in [1.82, 2.24) is 4.90 Å². The molecule has 1 aliphatic carbocycles.